The first kappa shape index (κ1) is 20.2. The van der Waals surface area contributed by atoms with Crippen LogP contribution in [0.2, 0.25) is 0 Å². The van der Waals surface area contributed by atoms with Crippen LogP contribution in [0.3, 0.4) is 0 Å². The first-order valence-electron chi connectivity index (χ1n) is 11.3. The Morgan fingerprint density at radius 3 is 1.90 bits per heavy atom. The number of aryl methyl sites for hydroxylation is 2. The maximum atomic E-state index is 2.65. The Kier molecular flexibility index (Phi) is 6.73. The Morgan fingerprint density at radius 1 is 0.655 bits per heavy atom. The number of hydrogen-bond donors (Lipinski definition) is 0. The summed E-state index contributed by atoms with van der Waals surface area (Å²) >= 11 is 0. The zero-order valence-corrected chi connectivity index (χ0v) is 18.2. The van der Waals surface area contributed by atoms with Crippen molar-refractivity contribution in [1.82, 2.24) is 9.80 Å². The summed E-state index contributed by atoms with van der Waals surface area (Å²) in [4.78, 5) is 10.4. The van der Waals surface area contributed by atoms with Crippen molar-refractivity contribution in [3.63, 3.8) is 0 Å². The lowest BCUT2D eigenvalue weighted by Gasteiger charge is -2.38. The highest BCUT2D eigenvalue weighted by molar-refractivity contribution is 5.53. The SMILES string of the molecule is Cc1cccc(N2CCN(CCCN3CCN(c4ccccc4C)CC3)CC2)c1. The summed E-state index contributed by atoms with van der Waals surface area (Å²) in [6.07, 6.45) is 1.29. The average Bonchev–Trinajstić information content (AvgIpc) is 2.75. The highest BCUT2D eigenvalue weighted by atomic mass is 15.3. The molecule has 29 heavy (non-hydrogen) atoms. The molecule has 2 aliphatic rings. The summed E-state index contributed by atoms with van der Waals surface area (Å²) in [6.45, 7) is 16.2. The largest absolute Gasteiger partial charge is 0.369 e. The number of piperazine rings is 2. The number of anilines is 2. The minimum Gasteiger partial charge on any atom is -0.369 e. The molecule has 0 aliphatic carbocycles. The summed E-state index contributed by atoms with van der Waals surface area (Å²) in [5, 5.41) is 0. The normalized spacial score (nSPS) is 19.0. The van der Waals surface area contributed by atoms with Gasteiger partial charge in [-0.05, 0) is 62.7 Å². The second-order valence-electron chi connectivity index (χ2n) is 8.64. The van der Waals surface area contributed by atoms with Crippen LogP contribution in [-0.2, 0) is 0 Å². The van der Waals surface area contributed by atoms with Gasteiger partial charge in [-0.1, -0.05) is 30.3 Å². The zero-order valence-electron chi connectivity index (χ0n) is 18.2. The van der Waals surface area contributed by atoms with E-state index >= 15 is 0 Å². The minimum absolute atomic E-state index is 1.15. The van der Waals surface area contributed by atoms with E-state index in [0.29, 0.717) is 0 Å². The molecule has 2 aliphatic heterocycles. The zero-order chi connectivity index (χ0) is 20.1. The molecule has 0 aromatic heterocycles. The number of rotatable bonds is 6. The fraction of sp³-hybridized carbons (Fsp3) is 0.520. The number of hydrogen-bond acceptors (Lipinski definition) is 4. The molecular weight excluding hydrogens is 356 g/mol. The topological polar surface area (TPSA) is 13.0 Å². The quantitative estimate of drug-likeness (QED) is 0.744. The van der Waals surface area contributed by atoms with Crippen LogP contribution in [0.15, 0.2) is 48.5 Å². The Hall–Kier alpha value is -2.04. The highest BCUT2D eigenvalue weighted by Gasteiger charge is 2.20. The number of benzene rings is 2. The standard InChI is InChI=1S/C25H36N4/c1-22-7-5-9-24(21-22)28-17-13-26(14-18-28)11-6-12-27-15-19-29(20-16-27)25-10-4-3-8-23(25)2/h3-5,7-10,21H,6,11-20H2,1-2H3. The van der Waals surface area contributed by atoms with Gasteiger partial charge < -0.3 is 9.80 Å². The van der Waals surface area contributed by atoms with E-state index < -0.39 is 0 Å². The first-order valence-corrected chi connectivity index (χ1v) is 11.3. The van der Waals surface area contributed by atoms with Gasteiger partial charge in [0.25, 0.3) is 0 Å². The molecule has 0 N–H and O–H groups in total. The Labute approximate surface area is 176 Å². The van der Waals surface area contributed by atoms with Crippen LogP contribution in [0.25, 0.3) is 0 Å². The van der Waals surface area contributed by atoms with Gasteiger partial charge in [0.2, 0.25) is 0 Å². The van der Waals surface area contributed by atoms with Crippen LogP contribution in [0, 0.1) is 13.8 Å². The predicted molar refractivity (Wildman–Crippen MR) is 124 cm³/mol. The second kappa shape index (κ2) is 9.64. The molecule has 0 bridgehead atoms. The van der Waals surface area contributed by atoms with Gasteiger partial charge in [-0.2, -0.15) is 0 Å². The second-order valence-corrected chi connectivity index (χ2v) is 8.64. The van der Waals surface area contributed by atoms with Gasteiger partial charge in [-0.25, -0.2) is 0 Å². The maximum absolute atomic E-state index is 2.65. The highest BCUT2D eigenvalue weighted by Crippen LogP contribution is 2.21. The van der Waals surface area contributed by atoms with Crippen LogP contribution in [0.5, 0.6) is 0 Å². The number of nitrogens with zero attached hydrogens (tertiary/aromatic N) is 4. The van der Waals surface area contributed by atoms with Gasteiger partial charge in [0.1, 0.15) is 0 Å². The average molecular weight is 393 g/mol. The molecule has 0 atom stereocenters. The van der Waals surface area contributed by atoms with Gasteiger partial charge in [0, 0.05) is 63.7 Å². The summed E-state index contributed by atoms with van der Waals surface area (Å²) in [6, 6.07) is 17.7. The lowest BCUT2D eigenvalue weighted by molar-refractivity contribution is 0.213. The molecule has 156 valence electrons. The molecule has 2 saturated heterocycles. The Balaban J connectivity index is 1.14. The molecule has 2 aromatic carbocycles. The van der Waals surface area contributed by atoms with Crippen LogP contribution in [0.4, 0.5) is 11.4 Å². The third-order valence-corrected chi connectivity index (χ3v) is 6.52. The molecule has 0 saturated carbocycles. The van der Waals surface area contributed by atoms with Gasteiger partial charge in [0.15, 0.2) is 0 Å². The van der Waals surface area contributed by atoms with Crippen molar-refractivity contribution in [1.29, 1.82) is 0 Å². The third-order valence-electron chi connectivity index (χ3n) is 6.52. The molecule has 0 spiro atoms. The van der Waals surface area contributed by atoms with Crippen molar-refractivity contribution in [3.05, 3.63) is 59.7 Å². The van der Waals surface area contributed by atoms with Crippen molar-refractivity contribution in [3.8, 4) is 0 Å². The van der Waals surface area contributed by atoms with Crippen LogP contribution < -0.4 is 9.80 Å². The third kappa shape index (κ3) is 5.31. The fourth-order valence-electron chi connectivity index (χ4n) is 4.70. The molecule has 4 heteroatoms. The molecule has 2 aromatic rings. The molecule has 0 unspecified atom stereocenters. The summed E-state index contributed by atoms with van der Waals surface area (Å²) in [5.41, 5.74) is 5.55. The van der Waals surface area contributed by atoms with Crippen LogP contribution in [0.1, 0.15) is 17.5 Å². The van der Waals surface area contributed by atoms with Crippen molar-refractivity contribution >= 4 is 11.4 Å². The van der Waals surface area contributed by atoms with E-state index in [2.05, 4.69) is 82.0 Å². The van der Waals surface area contributed by atoms with Gasteiger partial charge in [-0.15, -0.1) is 0 Å². The van der Waals surface area contributed by atoms with E-state index in [9.17, 15) is 0 Å². The maximum Gasteiger partial charge on any atom is 0.0396 e. The van der Waals surface area contributed by atoms with Crippen molar-refractivity contribution in [2.24, 2.45) is 0 Å². The van der Waals surface area contributed by atoms with Crippen LogP contribution in [-0.4, -0.2) is 75.2 Å². The Morgan fingerprint density at radius 2 is 1.28 bits per heavy atom. The molecular formula is C25H36N4. The predicted octanol–water partition coefficient (Wildman–Crippen LogP) is 3.64. The van der Waals surface area contributed by atoms with Crippen molar-refractivity contribution < 1.29 is 0 Å². The van der Waals surface area contributed by atoms with Gasteiger partial charge >= 0.3 is 0 Å². The van der Waals surface area contributed by atoms with Gasteiger partial charge in [0.05, 0.1) is 0 Å². The van der Waals surface area contributed by atoms with E-state index in [1.54, 1.807) is 0 Å². The lowest BCUT2D eigenvalue weighted by atomic mass is 10.1. The molecule has 0 radical (unpaired) electrons. The van der Waals surface area contributed by atoms with Gasteiger partial charge in [-0.3, -0.25) is 9.80 Å². The van der Waals surface area contributed by atoms with Crippen LogP contribution >= 0.6 is 0 Å². The first-order chi connectivity index (χ1) is 14.2. The van der Waals surface area contributed by atoms with E-state index in [1.165, 1.54) is 68.2 Å². The van der Waals surface area contributed by atoms with Crippen molar-refractivity contribution in [2.45, 2.75) is 20.3 Å². The smallest absolute Gasteiger partial charge is 0.0396 e. The summed E-state index contributed by atoms with van der Waals surface area (Å²) in [7, 11) is 0. The minimum atomic E-state index is 1.15. The molecule has 4 rings (SSSR count). The fourth-order valence-corrected chi connectivity index (χ4v) is 4.70. The molecule has 0 amide bonds. The molecule has 4 nitrogen and oxygen atoms in total. The Bertz CT molecular complexity index is 774. The van der Waals surface area contributed by atoms with E-state index in [1.807, 2.05) is 0 Å². The molecule has 2 heterocycles. The van der Waals surface area contributed by atoms with E-state index in [-0.39, 0.29) is 0 Å². The monoisotopic (exact) mass is 392 g/mol. The number of para-hydroxylation sites is 1. The van der Waals surface area contributed by atoms with E-state index in [4.69, 9.17) is 0 Å². The summed E-state index contributed by atoms with van der Waals surface area (Å²) in [5.74, 6) is 0. The molecule has 2 fully saturated rings. The van der Waals surface area contributed by atoms with Crippen molar-refractivity contribution in [2.75, 3.05) is 75.2 Å². The lowest BCUT2D eigenvalue weighted by Crippen LogP contribution is -2.48. The summed E-state index contributed by atoms with van der Waals surface area (Å²) < 4.78 is 0. The van der Waals surface area contributed by atoms with E-state index in [0.717, 1.165) is 26.2 Å².